The van der Waals surface area contributed by atoms with Gasteiger partial charge < -0.3 is 14.5 Å². The summed E-state index contributed by atoms with van der Waals surface area (Å²) in [5.41, 5.74) is 5.18. The average Bonchev–Trinajstić information content (AvgIpc) is 3.77. The summed E-state index contributed by atoms with van der Waals surface area (Å²) in [6, 6.07) is 25.1. The minimum atomic E-state index is -4.01. The molecule has 0 saturated heterocycles. The standard InChI is InChI=1S/C39H32BrN5O7S/c1-23-9-12-27(13-10-23)53(49,50)44-20-31(29-14-11-26(40)17-33(29)44)37-39(51-3)43-32(19-42-37)30-18-41-38-35(52-22-25-7-5-4-6-8-25)16-15-28(36(30)38)24(2)34(46)21-45(47)48/h4-20,24,41H,21-22H2,1-3H3. The van der Waals surface area contributed by atoms with Crippen LogP contribution in [0.4, 0.5) is 0 Å². The van der Waals surface area contributed by atoms with Crippen molar-refractivity contribution in [1.82, 2.24) is 18.9 Å². The van der Waals surface area contributed by atoms with E-state index in [-0.39, 0.29) is 17.4 Å². The molecule has 0 spiro atoms. The lowest BCUT2D eigenvalue weighted by Crippen LogP contribution is -2.19. The van der Waals surface area contributed by atoms with Crippen LogP contribution in [0.25, 0.3) is 44.3 Å². The summed E-state index contributed by atoms with van der Waals surface area (Å²) in [5.74, 6) is -0.736. The fourth-order valence-electron chi connectivity index (χ4n) is 6.32. The summed E-state index contributed by atoms with van der Waals surface area (Å²) in [6.07, 6.45) is 4.78. The summed E-state index contributed by atoms with van der Waals surface area (Å²) in [5, 5.41) is 12.5. The Kier molecular flexibility index (Phi) is 9.58. The highest BCUT2D eigenvalue weighted by molar-refractivity contribution is 9.10. The summed E-state index contributed by atoms with van der Waals surface area (Å²) in [4.78, 5) is 36.6. The van der Waals surface area contributed by atoms with E-state index in [1.807, 2.05) is 43.3 Å². The average molecular weight is 795 g/mol. The van der Waals surface area contributed by atoms with Crippen LogP contribution in [0.1, 0.15) is 29.5 Å². The number of ketones is 1. The van der Waals surface area contributed by atoms with Gasteiger partial charge in [0.1, 0.15) is 18.1 Å². The number of ether oxygens (including phenoxy) is 2. The first-order valence-electron chi connectivity index (χ1n) is 16.5. The van der Waals surface area contributed by atoms with Gasteiger partial charge in [-0.15, -0.1) is 0 Å². The second-order valence-electron chi connectivity index (χ2n) is 12.5. The van der Waals surface area contributed by atoms with Crippen LogP contribution in [0.15, 0.2) is 113 Å². The number of halogens is 1. The Hall–Kier alpha value is -5.86. The van der Waals surface area contributed by atoms with Crippen LogP contribution >= 0.6 is 15.9 Å². The second kappa shape index (κ2) is 14.3. The van der Waals surface area contributed by atoms with Crippen LogP contribution in [-0.2, 0) is 21.4 Å². The Balaban J connectivity index is 1.36. The maximum atomic E-state index is 14.0. The molecule has 0 fully saturated rings. The fourth-order valence-corrected chi connectivity index (χ4v) is 8.03. The van der Waals surface area contributed by atoms with Crippen molar-refractivity contribution in [2.24, 2.45) is 0 Å². The molecule has 14 heteroatoms. The van der Waals surface area contributed by atoms with Crippen molar-refractivity contribution in [3.63, 3.8) is 0 Å². The van der Waals surface area contributed by atoms with Crippen molar-refractivity contribution in [2.45, 2.75) is 31.3 Å². The minimum absolute atomic E-state index is 0.127. The molecule has 0 bridgehead atoms. The number of benzene rings is 4. The number of carbonyl (C=O) groups is 1. The molecular formula is C39H32BrN5O7S. The number of rotatable bonds is 12. The summed E-state index contributed by atoms with van der Waals surface area (Å²) < 4.78 is 41.8. The quantitative estimate of drug-likeness (QED) is 0.0953. The first-order chi connectivity index (χ1) is 25.5. The fraction of sp³-hybridized carbons (Fsp3) is 0.154. The number of fused-ring (bicyclic) bond motifs is 2. The highest BCUT2D eigenvalue weighted by Gasteiger charge is 2.28. The van der Waals surface area contributed by atoms with Gasteiger partial charge in [0.25, 0.3) is 16.6 Å². The number of hydrogen-bond acceptors (Lipinski definition) is 9. The van der Waals surface area contributed by atoms with Gasteiger partial charge >= 0.3 is 0 Å². The monoisotopic (exact) mass is 793 g/mol. The Morgan fingerprint density at radius 2 is 1.79 bits per heavy atom. The molecule has 3 heterocycles. The molecule has 0 aliphatic heterocycles. The van der Waals surface area contributed by atoms with Crippen LogP contribution < -0.4 is 9.47 Å². The first kappa shape index (κ1) is 35.5. The van der Waals surface area contributed by atoms with E-state index in [9.17, 15) is 23.3 Å². The summed E-state index contributed by atoms with van der Waals surface area (Å²) in [6.45, 7) is 2.99. The molecule has 0 radical (unpaired) electrons. The summed E-state index contributed by atoms with van der Waals surface area (Å²) in [7, 11) is -2.56. The molecule has 0 aliphatic rings. The predicted octanol–water partition coefficient (Wildman–Crippen LogP) is 8.09. The lowest BCUT2D eigenvalue weighted by Gasteiger charge is -2.15. The van der Waals surface area contributed by atoms with Gasteiger partial charge in [-0.3, -0.25) is 14.9 Å². The van der Waals surface area contributed by atoms with E-state index in [4.69, 9.17) is 19.4 Å². The van der Waals surface area contributed by atoms with Gasteiger partial charge in [0.15, 0.2) is 0 Å². The van der Waals surface area contributed by atoms with Crippen LogP contribution in [-0.4, -0.2) is 51.7 Å². The van der Waals surface area contributed by atoms with Gasteiger partial charge in [0.2, 0.25) is 11.7 Å². The van der Waals surface area contributed by atoms with E-state index in [2.05, 4.69) is 20.9 Å². The van der Waals surface area contributed by atoms with Gasteiger partial charge in [-0.25, -0.2) is 22.4 Å². The van der Waals surface area contributed by atoms with Crippen molar-refractivity contribution in [3.8, 4) is 34.1 Å². The number of H-pyrrole nitrogens is 1. The molecule has 0 saturated carbocycles. The first-order valence-corrected chi connectivity index (χ1v) is 18.7. The Morgan fingerprint density at radius 3 is 2.51 bits per heavy atom. The number of nitrogens with zero attached hydrogens (tertiary/aromatic N) is 4. The van der Waals surface area contributed by atoms with Crippen LogP contribution in [0.5, 0.6) is 11.6 Å². The number of methoxy groups -OCH3 is 1. The highest BCUT2D eigenvalue weighted by Crippen LogP contribution is 2.42. The van der Waals surface area contributed by atoms with Crippen molar-refractivity contribution in [2.75, 3.05) is 13.7 Å². The van der Waals surface area contributed by atoms with E-state index in [0.29, 0.717) is 60.1 Å². The van der Waals surface area contributed by atoms with E-state index >= 15 is 0 Å². The number of Topliss-reactive ketones (excluding diaryl/α,β-unsaturated/α-hetero) is 1. The minimum Gasteiger partial charge on any atom is -0.487 e. The Labute approximate surface area is 312 Å². The maximum absolute atomic E-state index is 14.0. The third-order valence-corrected chi connectivity index (χ3v) is 11.3. The normalized spacial score (nSPS) is 12.2. The molecule has 3 aromatic heterocycles. The molecule has 4 aromatic carbocycles. The number of nitro groups is 1. The Bertz CT molecular complexity index is 2640. The van der Waals surface area contributed by atoms with Crippen LogP contribution in [0.2, 0.25) is 0 Å². The number of nitrogens with one attached hydrogen (secondary N) is 1. The van der Waals surface area contributed by atoms with Crippen LogP contribution in [0, 0.1) is 17.0 Å². The lowest BCUT2D eigenvalue weighted by atomic mass is 9.91. The molecule has 53 heavy (non-hydrogen) atoms. The zero-order valence-electron chi connectivity index (χ0n) is 28.7. The third kappa shape index (κ3) is 6.78. The smallest absolute Gasteiger partial charge is 0.268 e. The number of aromatic amines is 1. The molecule has 1 unspecified atom stereocenters. The van der Waals surface area contributed by atoms with Crippen molar-refractivity contribution >= 4 is 53.5 Å². The summed E-state index contributed by atoms with van der Waals surface area (Å²) >= 11 is 3.48. The van der Waals surface area contributed by atoms with Gasteiger partial charge in [0.05, 0.1) is 34.9 Å². The molecule has 12 nitrogen and oxygen atoms in total. The van der Waals surface area contributed by atoms with Crippen LogP contribution in [0.3, 0.4) is 0 Å². The number of aromatic nitrogens is 4. The maximum Gasteiger partial charge on any atom is 0.268 e. The van der Waals surface area contributed by atoms with Gasteiger partial charge in [-0.1, -0.05) is 83.0 Å². The van der Waals surface area contributed by atoms with Gasteiger partial charge in [0, 0.05) is 49.6 Å². The molecule has 268 valence electrons. The molecule has 0 aliphatic carbocycles. The highest BCUT2D eigenvalue weighted by atomic mass is 79.9. The number of aryl methyl sites for hydroxylation is 1. The lowest BCUT2D eigenvalue weighted by molar-refractivity contribution is -0.467. The SMILES string of the molecule is COc1nc(-c2c[nH]c3c(OCc4ccccc4)ccc(C(C)C(=O)C[N+](=O)[O-])c23)cnc1-c1cn(S(=O)(=O)c2ccc(C)cc2)c2cc(Br)ccc12. The molecule has 1 N–H and O–H groups in total. The van der Waals surface area contributed by atoms with Crippen molar-refractivity contribution < 1.29 is 27.6 Å². The van der Waals surface area contributed by atoms with Gasteiger partial charge in [-0.2, -0.15) is 0 Å². The van der Waals surface area contributed by atoms with Gasteiger partial charge in [-0.05, 0) is 48.4 Å². The number of hydrogen-bond donors (Lipinski definition) is 1. The molecule has 7 rings (SSSR count). The predicted molar refractivity (Wildman–Crippen MR) is 204 cm³/mol. The van der Waals surface area contributed by atoms with Crippen molar-refractivity contribution in [3.05, 3.63) is 135 Å². The molecular weight excluding hydrogens is 762 g/mol. The second-order valence-corrected chi connectivity index (χ2v) is 15.2. The number of carbonyl (C=O) groups excluding carboxylic acids is 1. The van der Waals surface area contributed by atoms with E-state index in [0.717, 1.165) is 11.1 Å². The zero-order chi connectivity index (χ0) is 37.4. The third-order valence-electron chi connectivity index (χ3n) is 9.08. The topological polar surface area (TPSA) is 159 Å². The molecule has 7 aromatic rings. The largest absolute Gasteiger partial charge is 0.487 e. The molecule has 1 atom stereocenters. The van der Waals surface area contributed by atoms with E-state index in [1.54, 1.807) is 67.8 Å². The van der Waals surface area contributed by atoms with E-state index < -0.39 is 33.2 Å². The van der Waals surface area contributed by atoms with Crippen molar-refractivity contribution in [1.29, 1.82) is 0 Å². The zero-order valence-corrected chi connectivity index (χ0v) is 31.1. The van der Waals surface area contributed by atoms with E-state index in [1.165, 1.54) is 17.3 Å². The Morgan fingerprint density at radius 1 is 1.04 bits per heavy atom. The molecule has 0 amide bonds.